The molecule has 0 amide bonds. The highest BCUT2D eigenvalue weighted by atomic mass is 15.5. The lowest BCUT2D eigenvalue weighted by molar-refractivity contribution is -0.941. The summed E-state index contributed by atoms with van der Waals surface area (Å²) >= 11 is 0. The summed E-state index contributed by atoms with van der Waals surface area (Å²) in [7, 11) is 3.79. The molecule has 0 unspecified atom stereocenters. The van der Waals surface area contributed by atoms with Crippen LogP contribution in [0.1, 0.15) is 19.8 Å². The summed E-state index contributed by atoms with van der Waals surface area (Å²) < 4.78 is 4.92. The van der Waals surface area contributed by atoms with Crippen molar-refractivity contribution in [2.45, 2.75) is 19.8 Å². The third kappa shape index (κ3) is 4.70. The molecule has 2 aromatic rings. The van der Waals surface area contributed by atoms with E-state index in [2.05, 4.69) is 56.3 Å². The topological polar surface area (TPSA) is 52.9 Å². The molecule has 3 fully saturated rings. The van der Waals surface area contributed by atoms with Crippen molar-refractivity contribution in [3.8, 4) is 0 Å². The van der Waals surface area contributed by atoms with E-state index in [1.807, 2.05) is 18.7 Å². The first-order valence-corrected chi connectivity index (χ1v) is 11.3. The van der Waals surface area contributed by atoms with Gasteiger partial charge in [-0.1, -0.05) is 17.1 Å². The van der Waals surface area contributed by atoms with Gasteiger partial charge in [0, 0.05) is 49.9 Å². The summed E-state index contributed by atoms with van der Waals surface area (Å²) in [6.45, 7) is 13.7. The fourth-order valence-electron chi connectivity index (χ4n) is 4.76. The molecule has 3 saturated heterocycles. The number of piperazine rings is 3. The molecular weight excluding hydrogens is 376 g/mol. The molecule has 3 aliphatic rings. The molecule has 0 aliphatic carbocycles. The van der Waals surface area contributed by atoms with Crippen LogP contribution in [-0.4, -0.2) is 78.0 Å². The van der Waals surface area contributed by atoms with Crippen molar-refractivity contribution in [3.63, 3.8) is 0 Å². The van der Waals surface area contributed by atoms with E-state index in [1.165, 1.54) is 62.4 Å². The maximum Gasteiger partial charge on any atom is 0.441 e. The Bertz CT molecular complexity index is 815. The first-order valence-electron chi connectivity index (χ1n) is 11.3. The molecular formula is C22H36N8+2. The van der Waals surface area contributed by atoms with Crippen molar-refractivity contribution >= 4 is 17.3 Å². The van der Waals surface area contributed by atoms with Gasteiger partial charge >= 0.3 is 5.95 Å². The number of anilines is 1. The molecule has 0 atom stereocenters. The Labute approximate surface area is 180 Å². The monoisotopic (exact) mass is 412 g/mol. The maximum atomic E-state index is 4.38. The van der Waals surface area contributed by atoms with Crippen molar-refractivity contribution < 1.29 is 9.16 Å². The molecule has 4 heterocycles. The van der Waals surface area contributed by atoms with Crippen molar-refractivity contribution in [1.82, 2.24) is 14.6 Å². The van der Waals surface area contributed by atoms with Gasteiger partial charge in [0.15, 0.2) is 6.33 Å². The van der Waals surface area contributed by atoms with Gasteiger partial charge in [-0.3, -0.25) is 4.90 Å². The van der Waals surface area contributed by atoms with Gasteiger partial charge in [0.2, 0.25) is 0 Å². The molecule has 0 N–H and O–H groups in total. The Morgan fingerprint density at radius 2 is 1.77 bits per heavy atom. The van der Waals surface area contributed by atoms with Crippen LogP contribution in [0.25, 0.3) is 0 Å². The fourth-order valence-corrected chi connectivity index (χ4v) is 4.76. The molecule has 5 rings (SSSR count). The van der Waals surface area contributed by atoms with Gasteiger partial charge in [-0.05, 0) is 30.7 Å². The molecule has 0 spiro atoms. The van der Waals surface area contributed by atoms with E-state index in [0.29, 0.717) is 0 Å². The van der Waals surface area contributed by atoms with Crippen LogP contribution in [0.2, 0.25) is 0 Å². The average Bonchev–Trinajstić information content (AvgIpc) is 3.10. The van der Waals surface area contributed by atoms with Crippen molar-refractivity contribution in [2.24, 2.45) is 24.3 Å². The highest BCUT2D eigenvalue weighted by Crippen LogP contribution is 2.23. The summed E-state index contributed by atoms with van der Waals surface area (Å²) in [4.78, 5) is 5.15. The van der Waals surface area contributed by atoms with E-state index >= 15 is 0 Å². The molecule has 0 radical (unpaired) electrons. The Hall–Kier alpha value is -2.32. The van der Waals surface area contributed by atoms with Gasteiger partial charge < -0.3 is 9.38 Å². The van der Waals surface area contributed by atoms with Crippen LogP contribution in [0.15, 0.2) is 40.8 Å². The second kappa shape index (κ2) is 9.22. The molecule has 1 aromatic carbocycles. The largest absolute Gasteiger partial charge is 0.441 e. The first kappa shape index (κ1) is 20.9. The predicted molar refractivity (Wildman–Crippen MR) is 118 cm³/mol. The van der Waals surface area contributed by atoms with Gasteiger partial charge in [0.1, 0.15) is 5.69 Å². The zero-order valence-electron chi connectivity index (χ0n) is 18.7. The summed E-state index contributed by atoms with van der Waals surface area (Å²) in [6, 6.07) is 8.48. The third-order valence-corrected chi connectivity index (χ3v) is 6.70. The normalized spacial score (nSPS) is 23.4. The summed E-state index contributed by atoms with van der Waals surface area (Å²) in [6.07, 6.45) is 4.15. The molecule has 8 nitrogen and oxygen atoms in total. The molecule has 8 heteroatoms. The van der Waals surface area contributed by atoms with Crippen LogP contribution >= 0.6 is 0 Å². The summed E-state index contributed by atoms with van der Waals surface area (Å²) in [5, 5.41) is 12.9. The Morgan fingerprint density at radius 3 is 2.37 bits per heavy atom. The number of quaternary nitrogens is 1. The molecule has 162 valence electrons. The number of nitrogens with zero attached hydrogens (tertiary/aromatic N) is 8. The molecule has 1 aromatic heterocycles. The number of benzene rings is 1. The minimum atomic E-state index is 0.720. The Balaban J connectivity index is 1.35. The van der Waals surface area contributed by atoms with Gasteiger partial charge in [0.05, 0.1) is 40.3 Å². The summed E-state index contributed by atoms with van der Waals surface area (Å²) in [5.41, 5.74) is 2.14. The van der Waals surface area contributed by atoms with Crippen molar-refractivity contribution in [3.05, 3.63) is 30.6 Å². The van der Waals surface area contributed by atoms with Crippen molar-refractivity contribution in [1.29, 1.82) is 0 Å². The summed E-state index contributed by atoms with van der Waals surface area (Å²) in [5.74, 6) is 0.720. The zero-order valence-corrected chi connectivity index (χ0v) is 18.7. The van der Waals surface area contributed by atoms with E-state index in [-0.39, 0.29) is 0 Å². The highest BCUT2D eigenvalue weighted by Gasteiger charge is 2.37. The number of rotatable bonds is 9. The lowest BCUT2D eigenvalue weighted by atomic mass is 10.1. The number of azo groups is 1. The molecule has 30 heavy (non-hydrogen) atoms. The van der Waals surface area contributed by atoms with E-state index in [9.17, 15) is 0 Å². The predicted octanol–water partition coefficient (Wildman–Crippen LogP) is 2.41. The van der Waals surface area contributed by atoms with E-state index < -0.39 is 0 Å². The molecule has 2 bridgehead atoms. The highest BCUT2D eigenvalue weighted by molar-refractivity contribution is 5.52. The Kier molecular flexibility index (Phi) is 6.43. The van der Waals surface area contributed by atoms with E-state index in [0.717, 1.165) is 31.1 Å². The zero-order chi connectivity index (χ0) is 21.0. The van der Waals surface area contributed by atoms with Crippen LogP contribution in [0, 0.1) is 0 Å². The van der Waals surface area contributed by atoms with Gasteiger partial charge in [-0.2, -0.15) is 0 Å². The van der Waals surface area contributed by atoms with Gasteiger partial charge in [-0.15, -0.1) is 4.68 Å². The average molecular weight is 413 g/mol. The van der Waals surface area contributed by atoms with Crippen LogP contribution in [0.4, 0.5) is 17.3 Å². The number of hydrogen-bond donors (Lipinski definition) is 0. The molecule has 3 aliphatic heterocycles. The number of fused-ring (bicyclic) bond motifs is 3. The lowest BCUT2D eigenvalue weighted by Crippen LogP contribution is -2.67. The number of aryl methyl sites for hydroxylation is 2. The minimum absolute atomic E-state index is 0.720. The Morgan fingerprint density at radius 1 is 1.07 bits per heavy atom. The first-order chi connectivity index (χ1) is 14.6. The maximum absolute atomic E-state index is 4.38. The van der Waals surface area contributed by atoms with Crippen molar-refractivity contribution in [2.75, 3.05) is 63.8 Å². The van der Waals surface area contributed by atoms with Crippen LogP contribution in [-0.2, 0) is 14.1 Å². The van der Waals surface area contributed by atoms with Crippen LogP contribution < -0.4 is 9.58 Å². The quantitative estimate of drug-likeness (QED) is 0.361. The smallest absolute Gasteiger partial charge is 0.371 e. The number of hydrogen-bond acceptors (Lipinski definition) is 5. The second-order valence-electron chi connectivity index (χ2n) is 8.80. The van der Waals surface area contributed by atoms with E-state index in [1.54, 1.807) is 11.0 Å². The second-order valence-corrected chi connectivity index (χ2v) is 8.80. The lowest BCUT2D eigenvalue weighted by Gasteiger charge is -2.50. The van der Waals surface area contributed by atoms with Gasteiger partial charge in [-0.25, -0.2) is 4.57 Å². The minimum Gasteiger partial charge on any atom is -0.371 e. The third-order valence-electron chi connectivity index (χ3n) is 6.70. The van der Waals surface area contributed by atoms with Crippen LogP contribution in [0.3, 0.4) is 0 Å². The van der Waals surface area contributed by atoms with E-state index in [4.69, 9.17) is 0 Å². The SMILES string of the molecule is CCCN(CCC[N+]12CCN(CC1)CC2)c1ccc(/N=N/c2n(C)cn[n+]2C)cc1. The molecule has 0 saturated carbocycles. The number of aromatic nitrogens is 3. The standard InChI is InChI=1S/C22H36N8/c1-4-10-29(11-5-15-30-16-12-28(13-17-30)14-18-30)21-8-6-20(7-9-21)24-25-22-26(2)19-23-27(22)3/h6-9,19H,4-5,10-18H2,1-3H3/q+2. The fraction of sp³-hybridized carbons (Fsp3) is 0.636. The van der Waals surface area contributed by atoms with Gasteiger partial charge in [0.25, 0.3) is 0 Å². The van der Waals surface area contributed by atoms with Crippen LogP contribution in [0.5, 0.6) is 0 Å².